The van der Waals surface area contributed by atoms with Gasteiger partial charge < -0.3 is 15.0 Å². The fraction of sp³-hybridized carbons (Fsp3) is 0.500. The van der Waals surface area contributed by atoms with E-state index in [0.717, 1.165) is 32.0 Å². The largest absolute Gasteiger partial charge is 0.370 e. The lowest BCUT2D eigenvalue weighted by Crippen LogP contribution is -2.48. The maximum Gasteiger partial charge on any atom is 0.193 e. The highest BCUT2D eigenvalue weighted by Crippen LogP contribution is 2.25. The molecule has 0 amide bonds. The van der Waals surface area contributed by atoms with Crippen LogP contribution in [0, 0.1) is 20.8 Å². The minimum absolute atomic E-state index is 0. The molecule has 5 nitrogen and oxygen atoms in total. The molecule has 1 unspecified atom stereocenters. The third kappa shape index (κ3) is 5.89. The first-order valence-electron chi connectivity index (χ1n) is 9.12. The number of aryl methyl sites for hydroxylation is 3. The first-order chi connectivity index (χ1) is 12.6. The topological polar surface area (TPSA) is 49.8 Å². The Labute approximate surface area is 183 Å². The highest BCUT2D eigenvalue weighted by atomic mass is 127. The van der Waals surface area contributed by atoms with Gasteiger partial charge in [0.1, 0.15) is 6.10 Å². The van der Waals surface area contributed by atoms with E-state index in [9.17, 15) is 0 Å². The zero-order valence-corrected chi connectivity index (χ0v) is 19.6. The normalized spacial score (nSPS) is 17.6. The van der Waals surface area contributed by atoms with Crippen LogP contribution in [0.15, 0.2) is 29.4 Å². The highest BCUT2D eigenvalue weighted by molar-refractivity contribution is 14.0. The van der Waals surface area contributed by atoms with Gasteiger partial charge in [0.2, 0.25) is 0 Å². The molecule has 0 spiro atoms. The Morgan fingerprint density at radius 1 is 1.37 bits per heavy atom. The number of hydrogen-bond acceptors (Lipinski definition) is 4. The van der Waals surface area contributed by atoms with E-state index in [-0.39, 0.29) is 30.1 Å². The van der Waals surface area contributed by atoms with Gasteiger partial charge in [-0.05, 0) is 31.9 Å². The van der Waals surface area contributed by atoms with E-state index >= 15 is 0 Å². The molecular formula is C20H29IN4OS. The van der Waals surface area contributed by atoms with Gasteiger partial charge in [-0.15, -0.1) is 35.3 Å². The number of benzene rings is 1. The third-order valence-corrected chi connectivity index (χ3v) is 5.61. The van der Waals surface area contributed by atoms with Crippen molar-refractivity contribution in [3.63, 3.8) is 0 Å². The first kappa shape index (κ1) is 22.1. The summed E-state index contributed by atoms with van der Waals surface area (Å²) in [5, 5.41) is 4.65. The molecule has 1 atom stereocenters. The van der Waals surface area contributed by atoms with Crippen molar-refractivity contribution in [2.45, 2.75) is 33.3 Å². The quantitative estimate of drug-likeness (QED) is 0.394. The number of thiazole rings is 1. The molecule has 1 fully saturated rings. The van der Waals surface area contributed by atoms with Crippen LogP contribution in [0.2, 0.25) is 0 Å². The molecule has 148 valence electrons. The number of nitrogens with zero attached hydrogens (tertiary/aromatic N) is 3. The fourth-order valence-electron chi connectivity index (χ4n) is 3.35. The van der Waals surface area contributed by atoms with Crippen LogP contribution in [0.5, 0.6) is 0 Å². The summed E-state index contributed by atoms with van der Waals surface area (Å²) in [6, 6.07) is 6.58. The summed E-state index contributed by atoms with van der Waals surface area (Å²) in [7, 11) is 1.84. The minimum Gasteiger partial charge on any atom is -0.370 e. The molecular weight excluding hydrogens is 471 g/mol. The number of rotatable bonds is 4. The van der Waals surface area contributed by atoms with Crippen molar-refractivity contribution < 1.29 is 4.74 Å². The Morgan fingerprint density at radius 3 is 2.85 bits per heavy atom. The number of nitrogens with one attached hydrogen (secondary N) is 1. The third-order valence-electron chi connectivity index (χ3n) is 4.64. The summed E-state index contributed by atoms with van der Waals surface area (Å²) >= 11 is 1.76. The van der Waals surface area contributed by atoms with Crippen molar-refractivity contribution in [2.75, 3.05) is 33.3 Å². The molecule has 2 aromatic rings. The van der Waals surface area contributed by atoms with Gasteiger partial charge in [0.25, 0.3) is 0 Å². The number of hydrogen-bond donors (Lipinski definition) is 1. The van der Waals surface area contributed by atoms with Crippen LogP contribution in [0.3, 0.4) is 0 Å². The lowest BCUT2D eigenvalue weighted by Gasteiger charge is -2.35. The van der Waals surface area contributed by atoms with Gasteiger partial charge in [0, 0.05) is 37.6 Å². The summed E-state index contributed by atoms with van der Waals surface area (Å²) in [4.78, 5) is 12.4. The SMILES string of the molecule is CN=C(NCCc1ncc(C)s1)N1CCOC(c2ccc(C)cc2C)C1.I. The second-order valence-electron chi connectivity index (χ2n) is 6.75. The smallest absolute Gasteiger partial charge is 0.193 e. The number of aromatic nitrogens is 1. The lowest BCUT2D eigenvalue weighted by atomic mass is 10.00. The van der Waals surface area contributed by atoms with Crippen LogP contribution >= 0.6 is 35.3 Å². The standard InChI is InChI=1S/C20H28N4OS.HI/c1-14-5-6-17(15(2)11-14)18-13-24(9-10-25-18)20(21-4)22-8-7-19-23-12-16(3)26-19;/h5-6,11-12,18H,7-10,13H2,1-4H3,(H,21,22);1H. The van der Waals surface area contributed by atoms with Crippen molar-refractivity contribution in [3.05, 3.63) is 51.0 Å². The molecule has 1 aromatic carbocycles. The van der Waals surface area contributed by atoms with Crippen LogP contribution in [-0.2, 0) is 11.2 Å². The van der Waals surface area contributed by atoms with E-state index in [1.807, 2.05) is 13.2 Å². The molecule has 2 heterocycles. The van der Waals surface area contributed by atoms with Gasteiger partial charge >= 0.3 is 0 Å². The van der Waals surface area contributed by atoms with Crippen LogP contribution in [0.25, 0.3) is 0 Å². The maximum absolute atomic E-state index is 6.05. The van der Waals surface area contributed by atoms with Gasteiger partial charge in [-0.25, -0.2) is 4.98 Å². The molecule has 1 aliphatic rings. The highest BCUT2D eigenvalue weighted by Gasteiger charge is 2.25. The van der Waals surface area contributed by atoms with Gasteiger partial charge in [0.15, 0.2) is 5.96 Å². The maximum atomic E-state index is 6.05. The van der Waals surface area contributed by atoms with Gasteiger partial charge in [-0.2, -0.15) is 0 Å². The average Bonchev–Trinajstić information content (AvgIpc) is 3.04. The van der Waals surface area contributed by atoms with Crippen molar-refractivity contribution in [1.29, 1.82) is 0 Å². The molecule has 0 aliphatic carbocycles. The Hall–Kier alpha value is -1.19. The summed E-state index contributed by atoms with van der Waals surface area (Å²) in [5.74, 6) is 0.941. The molecule has 1 aliphatic heterocycles. The number of aliphatic imine (C=N–C) groups is 1. The van der Waals surface area contributed by atoms with Crippen LogP contribution in [-0.4, -0.2) is 49.1 Å². The van der Waals surface area contributed by atoms with Gasteiger partial charge in [0.05, 0.1) is 18.2 Å². The predicted molar refractivity (Wildman–Crippen MR) is 124 cm³/mol. The van der Waals surface area contributed by atoms with E-state index in [1.165, 1.54) is 26.6 Å². The van der Waals surface area contributed by atoms with Crippen molar-refractivity contribution in [2.24, 2.45) is 4.99 Å². The molecule has 3 rings (SSSR count). The van der Waals surface area contributed by atoms with Crippen molar-refractivity contribution in [1.82, 2.24) is 15.2 Å². The Bertz CT molecular complexity index is 777. The van der Waals surface area contributed by atoms with Crippen molar-refractivity contribution in [3.8, 4) is 0 Å². The lowest BCUT2D eigenvalue weighted by molar-refractivity contribution is -0.00830. The molecule has 0 bridgehead atoms. The van der Waals surface area contributed by atoms with Gasteiger partial charge in [-0.3, -0.25) is 4.99 Å². The van der Waals surface area contributed by atoms with E-state index in [1.54, 1.807) is 11.3 Å². The zero-order chi connectivity index (χ0) is 18.5. The molecule has 0 saturated carbocycles. The number of halogens is 1. The molecule has 7 heteroatoms. The average molecular weight is 500 g/mol. The monoisotopic (exact) mass is 500 g/mol. The number of morpholine rings is 1. The second-order valence-corrected chi connectivity index (χ2v) is 8.07. The summed E-state index contributed by atoms with van der Waals surface area (Å²) < 4.78 is 6.05. The summed E-state index contributed by atoms with van der Waals surface area (Å²) in [6.07, 6.45) is 2.94. The molecule has 0 radical (unpaired) electrons. The fourth-order valence-corrected chi connectivity index (χ4v) is 4.13. The van der Waals surface area contributed by atoms with Crippen LogP contribution < -0.4 is 5.32 Å². The minimum atomic E-state index is 0. The van der Waals surface area contributed by atoms with E-state index < -0.39 is 0 Å². The van der Waals surface area contributed by atoms with Crippen molar-refractivity contribution >= 4 is 41.3 Å². The Morgan fingerprint density at radius 2 is 2.19 bits per heavy atom. The van der Waals surface area contributed by atoms with E-state index in [2.05, 4.69) is 59.2 Å². The predicted octanol–water partition coefficient (Wildman–Crippen LogP) is 3.88. The molecule has 1 aromatic heterocycles. The summed E-state index contributed by atoms with van der Waals surface area (Å²) in [5.41, 5.74) is 3.85. The molecule has 27 heavy (non-hydrogen) atoms. The second kappa shape index (κ2) is 10.4. The number of ether oxygens (including phenoxy) is 1. The molecule has 1 N–H and O–H groups in total. The first-order valence-corrected chi connectivity index (χ1v) is 9.94. The van der Waals surface area contributed by atoms with Gasteiger partial charge in [-0.1, -0.05) is 23.8 Å². The zero-order valence-electron chi connectivity index (χ0n) is 16.5. The summed E-state index contributed by atoms with van der Waals surface area (Å²) in [6.45, 7) is 9.61. The van der Waals surface area contributed by atoms with E-state index in [4.69, 9.17) is 4.74 Å². The van der Waals surface area contributed by atoms with E-state index in [0.29, 0.717) is 6.61 Å². The van der Waals surface area contributed by atoms with Crippen LogP contribution in [0.4, 0.5) is 0 Å². The Kier molecular flexibility index (Phi) is 8.50. The molecule has 1 saturated heterocycles. The van der Waals surface area contributed by atoms with Crippen LogP contribution in [0.1, 0.15) is 32.7 Å². The Balaban J connectivity index is 0.00000261. The number of guanidine groups is 1.